The van der Waals surface area contributed by atoms with E-state index < -0.39 is 0 Å². The number of aromatic nitrogens is 3. The van der Waals surface area contributed by atoms with Gasteiger partial charge < -0.3 is 4.98 Å². The number of nitrogens with one attached hydrogen (secondary N) is 1. The Morgan fingerprint density at radius 2 is 1.71 bits per heavy atom. The molecule has 1 aliphatic rings. The fourth-order valence-corrected chi connectivity index (χ4v) is 3.68. The number of ketones is 2. The Morgan fingerprint density at radius 1 is 0.917 bits per heavy atom. The molecule has 0 radical (unpaired) electrons. The Bertz CT molecular complexity index is 1140. The number of benzene rings is 2. The van der Waals surface area contributed by atoms with Crippen molar-refractivity contribution in [3.8, 4) is 10.8 Å². The average molecular weight is 331 g/mol. The van der Waals surface area contributed by atoms with Crippen LogP contribution in [0.4, 0.5) is 0 Å². The molecule has 0 fully saturated rings. The lowest BCUT2D eigenvalue weighted by molar-refractivity contribution is 0.0980. The number of hydrogen-bond acceptors (Lipinski definition) is 5. The van der Waals surface area contributed by atoms with Gasteiger partial charge in [0.05, 0.1) is 11.1 Å². The van der Waals surface area contributed by atoms with Crippen LogP contribution < -0.4 is 0 Å². The van der Waals surface area contributed by atoms with Gasteiger partial charge in [-0.3, -0.25) is 9.59 Å². The monoisotopic (exact) mass is 331 g/mol. The van der Waals surface area contributed by atoms with E-state index in [1.807, 2.05) is 5.38 Å². The van der Waals surface area contributed by atoms with Crippen LogP contribution in [0.1, 0.15) is 31.8 Å². The summed E-state index contributed by atoms with van der Waals surface area (Å²) in [6.45, 7) is 0. The average Bonchev–Trinajstić information content (AvgIpc) is 3.27. The minimum Gasteiger partial charge on any atom is -0.336 e. The van der Waals surface area contributed by atoms with Gasteiger partial charge in [-0.25, -0.2) is 9.97 Å². The highest BCUT2D eigenvalue weighted by Crippen LogP contribution is 2.33. The summed E-state index contributed by atoms with van der Waals surface area (Å²) in [6, 6.07) is 10.4. The van der Waals surface area contributed by atoms with Gasteiger partial charge in [0.25, 0.3) is 0 Å². The molecule has 1 N–H and O–H groups in total. The first-order valence-corrected chi connectivity index (χ1v) is 8.23. The molecule has 0 unspecified atom stereocenters. The van der Waals surface area contributed by atoms with Gasteiger partial charge >= 0.3 is 0 Å². The van der Waals surface area contributed by atoms with Crippen LogP contribution in [0.5, 0.6) is 0 Å². The maximum absolute atomic E-state index is 12.9. The number of carbonyl (C=O) groups is 2. The predicted molar refractivity (Wildman–Crippen MR) is 90.5 cm³/mol. The molecule has 2 heterocycles. The summed E-state index contributed by atoms with van der Waals surface area (Å²) in [5, 5.41) is 2.61. The molecule has 24 heavy (non-hydrogen) atoms. The van der Waals surface area contributed by atoms with Gasteiger partial charge in [-0.05, 0) is 12.1 Å². The van der Waals surface area contributed by atoms with Crippen LogP contribution in [0.3, 0.4) is 0 Å². The number of carbonyl (C=O) groups excluding carboxylic acids is 2. The standard InChI is InChI=1S/C18H9N3O2S/c22-15-9-3-1-2-4-10(9)16(23)13-11(15)5-6-12-14(13)21-17(20-12)18-19-7-8-24-18/h1-8H,(H,20,21). The molecule has 6 heteroatoms. The fourth-order valence-electron chi connectivity index (χ4n) is 3.10. The molecule has 2 aromatic heterocycles. The third kappa shape index (κ3) is 1.68. The van der Waals surface area contributed by atoms with Crippen LogP contribution in [0.25, 0.3) is 21.9 Å². The van der Waals surface area contributed by atoms with Gasteiger partial charge in [-0.1, -0.05) is 24.3 Å². The zero-order chi connectivity index (χ0) is 16.3. The number of H-pyrrole nitrogens is 1. The summed E-state index contributed by atoms with van der Waals surface area (Å²) in [7, 11) is 0. The topological polar surface area (TPSA) is 75.7 Å². The minimum atomic E-state index is -0.164. The van der Waals surface area contributed by atoms with Crippen LogP contribution in [-0.4, -0.2) is 26.5 Å². The molecule has 0 aliphatic heterocycles. The summed E-state index contributed by atoms with van der Waals surface area (Å²) >= 11 is 1.46. The van der Waals surface area contributed by atoms with E-state index >= 15 is 0 Å². The minimum absolute atomic E-state index is 0.138. The number of fused-ring (bicyclic) bond motifs is 4. The predicted octanol–water partition coefficient (Wildman–Crippen LogP) is 3.46. The second-order valence-corrected chi connectivity index (χ2v) is 6.41. The number of rotatable bonds is 1. The molecule has 2 aromatic carbocycles. The van der Waals surface area contributed by atoms with Crippen molar-refractivity contribution in [2.75, 3.05) is 0 Å². The summed E-state index contributed by atoms with van der Waals surface area (Å²) < 4.78 is 0. The van der Waals surface area contributed by atoms with E-state index in [2.05, 4.69) is 15.0 Å². The Morgan fingerprint density at radius 3 is 2.46 bits per heavy atom. The molecule has 5 rings (SSSR count). The van der Waals surface area contributed by atoms with Crippen LogP contribution in [0, 0.1) is 0 Å². The van der Waals surface area contributed by atoms with Crippen LogP contribution in [0.15, 0.2) is 48.0 Å². The Hall–Kier alpha value is -3.12. The summed E-state index contributed by atoms with van der Waals surface area (Å²) in [4.78, 5) is 37.6. The third-order valence-corrected chi connectivity index (χ3v) is 4.96. The first kappa shape index (κ1) is 13.3. The van der Waals surface area contributed by atoms with Crippen molar-refractivity contribution in [2.24, 2.45) is 0 Å². The number of hydrogen-bond donors (Lipinski definition) is 1. The molecular formula is C18H9N3O2S. The highest BCUT2D eigenvalue weighted by Gasteiger charge is 2.32. The molecule has 0 spiro atoms. The van der Waals surface area contributed by atoms with E-state index in [0.29, 0.717) is 33.6 Å². The lowest BCUT2D eigenvalue weighted by Crippen LogP contribution is -2.21. The van der Waals surface area contributed by atoms with Crippen molar-refractivity contribution in [3.63, 3.8) is 0 Å². The maximum atomic E-state index is 12.9. The van der Waals surface area contributed by atoms with E-state index in [0.717, 1.165) is 10.5 Å². The largest absolute Gasteiger partial charge is 0.336 e. The third-order valence-electron chi connectivity index (χ3n) is 4.18. The molecule has 0 amide bonds. The van der Waals surface area contributed by atoms with Crippen LogP contribution in [-0.2, 0) is 0 Å². The number of aromatic amines is 1. The zero-order valence-electron chi connectivity index (χ0n) is 12.2. The Balaban J connectivity index is 1.81. The smallest absolute Gasteiger partial charge is 0.196 e. The first-order valence-electron chi connectivity index (χ1n) is 7.35. The Kier molecular flexibility index (Phi) is 2.60. The van der Waals surface area contributed by atoms with E-state index in [-0.39, 0.29) is 11.6 Å². The summed E-state index contributed by atoms with van der Waals surface area (Å²) in [5.41, 5.74) is 2.90. The van der Waals surface area contributed by atoms with E-state index in [4.69, 9.17) is 0 Å². The molecule has 5 nitrogen and oxygen atoms in total. The van der Waals surface area contributed by atoms with Crippen molar-refractivity contribution in [3.05, 3.63) is 70.2 Å². The van der Waals surface area contributed by atoms with Gasteiger partial charge in [-0.15, -0.1) is 11.3 Å². The van der Waals surface area contributed by atoms with Gasteiger partial charge in [0.15, 0.2) is 22.4 Å². The maximum Gasteiger partial charge on any atom is 0.196 e. The molecule has 0 bridgehead atoms. The quantitative estimate of drug-likeness (QED) is 0.510. The molecule has 0 saturated heterocycles. The SMILES string of the molecule is O=C1c2ccccc2C(=O)c2c1ccc1[nH]c(-c3nccs3)nc21. The normalized spacial score (nSPS) is 13.2. The fraction of sp³-hybridized carbons (Fsp3) is 0. The number of nitrogens with zero attached hydrogens (tertiary/aromatic N) is 2. The van der Waals surface area contributed by atoms with Gasteiger partial charge in [0.2, 0.25) is 0 Å². The zero-order valence-corrected chi connectivity index (χ0v) is 13.1. The lowest BCUT2D eigenvalue weighted by Gasteiger charge is -2.17. The van der Waals surface area contributed by atoms with Gasteiger partial charge in [0.1, 0.15) is 5.52 Å². The van der Waals surface area contributed by atoms with Crippen molar-refractivity contribution in [1.82, 2.24) is 15.0 Å². The van der Waals surface area contributed by atoms with Crippen molar-refractivity contribution < 1.29 is 9.59 Å². The number of thiazole rings is 1. The second kappa shape index (κ2) is 4.69. The molecular weight excluding hydrogens is 322 g/mol. The first-order chi connectivity index (χ1) is 11.7. The summed E-state index contributed by atoms with van der Waals surface area (Å²) in [6.07, 6.45) is 1.70. The van der Waals surface area contributed by atoms with Crippen molar-refractivity contribution in [1.29, 1.82) is 0 Å². The van der Waals surface area contributed by atoms with Crippen LogP contribution in [0.2, 0.25) is 0 Å². The summed E-state index contributed by atoms with van der Waals surface area (Å²) in [5.74, 6) is 0.302. The lowest BCUT2D eigenvalue weighted by atomic mass is 9.83. The van der Waals surface area contributed by atoms with Gasteiger partial charge in [0, 0.05) is 28.3 Å². The Labute approximate surface area is 140 Å². The van der Waals surface area contributed by atoms with Crippen molar-refractivity contribution in [2.45, 2.75) is 0 Å². The molecule has 0 atom stereocenters. The molecule has 1 aliphatic carbocycles. The molecule has 114 valence electrons. The van der Waals surface area contributed by atoms with Gasteiger partial charge in [-0.2, -0.15) is 0 Å². The highest BCUT2D eigenvalue weighted by molar-refractivity contribution is 7.13. The van der Waals surface area contributed by atoms with Crippen LogP contribution >= 0.6 is 11.3 Å². The van der Waals surface area contributed by atoms with E-state index in [1.54, 1.807) is 42.6 Å². The van der Waals surface area contributed by atoms with Crippen molar-refractivity contribution >= 4 is 33.9 Å². The molecule has 4 aromatic rings. The van der Waals surface area contributed by atoms with E-state index in [1.165, 1.54) is 11.3 Å². The molecule has 0 saturated carbocycles. The number of imidazole rings is 1. The highest BCUT2D eigenvalue weighted by atomic mass is 32.1. The second-order valence-electron chi connectivity index (χ2n) is 5.51. The van der Waals surface area contributed by atoms with E-state index in [9.17, 15) is 9.59 Å².